The summed E-state index contributed by atoms with van der Waals surface area (Å²) in [6.45, 7) is 5.58. The van der Waals surface area contributed by atoms with Gasteiger partial charge in [-0.1, -0.05) is 31.3 Å². The van der Waals surface area contributed by atoms with Crippen molar-refractivity contribution < 1.29 is 17.7 Å². The third-order valence-corrected chi connectivity index (χ3v) is 4.30. The Labute approximate surface area is 125 Å². The molecule has 1 N–H and O–H groups in total. The van der Waals surface area contributed by atoms with E-state index in [-0.39, 0.29) is 11.9 Å². The summed E-state index contributed by atoms with van der Waals surface area (Å²) < 4.78 is 28.5. The molecule has 0 bridgehead atoms. The molecule has 8 heteroatoms. The van der Waals surface area contributed by atoms with Crippen LogP contribution < -0.4 is 5.32 Å². The first-order chi connectivity index (χ1) is 9.82. The summed E-state index contributed by atoms with van der Waals surface area (Å²) in [5.74, 6) is -1.08. The number of sulfone groups is 1. The van der Waals surface area contributed by atoms with Crippen LogP contribution in [0.5, 0.6) is 0 Å². The zero-order valence-corrected chi connectivity index (χ0v) is 13.6. The number of hydrogen-bond donors (Lipinski definition) is 1. The summed E-state index contributed by atoms with van der Waals surface area (Å²) >= 11 is 0. The Morgan fingerprint density at radius 1 is 1.38 bits per heavy atom. The fraction of sp³-hybridized carbons (Fsp3) is 0.769. The van der Waals surface area contributed by atoms with Crippen LogP contribution in [0.1, 0.15) is 51.2 Å². The van der Waals surface area contributed by atoms with E-state index in [4.69, 9.17) is 4.52 Å². The molecule has 1 amide bonds. The highest BCUT2D eigenvalue weighted by Crippen LogP contribution is 2.06. The summed E-state index contributed by atoms with van der Waals surface area (Å²) in [7, 11) is -3.60. The Kier molecular flexibility index (Phi) is 6.80. The molecule has 0 spiro atoms. The van der Waals surface area contributed by atoms with Crippen LogP contribution in [0.3, 0.4) is 0 Å². The quantitative estimate of drug-likeness (QED) is 0.690. The van der Waals surface area contributed by atoms with Crippen LogP contribution in [-0.4, -0.2) is 36.3 Å². The highest BCUT2D eigenvalue weighted by Gasteiger charge is 2.21. The Bertz CT molecular complexity index is 554. The average Bonchev–Trinajstić information content (AvgIpc) is 2.72. The fourth-order valence-corrected chi connectivity index (χ4v) is 3.01. The van der Waals surface area contributed by atoms with Crippen molar-refractivity contribution in [2.24, 2.45) is 0 Å². The summed E-state index contributed by atoms with van der Waals surface area (Å²) in [5, 5.41) is 6.22. The number of unbranched alkanes of at least 4 members (excludes halogenated alkanes) is 2. The maximum Gasteiger partial charge on any atom is 0.241 e. The van der Waals surface area contributed by atoms with Crippen LogP contribution in [0.4, 0.5) is 0 Å². The summed E-state index contributed by atoms with van der Waals surface area (Å²) in [6.07, 6.45) is 4.09. The van der Waals surface area contributed by atoms with Crippen molar-refractivity contribution in [1.29, 1.82) is 0 Å². The SMILES string of the molecule is CCCCC[C@@H](C)NC(=O)CS(=O)(=O)Cc1nc(C)no1. The number of amides is 1. The first kappa shape index (κ1) is 17.6. The average molecular weight is 317 g/mol. The minimum absolute atomic E-state index is 0.0105. The predicted molar refractivity (Wildman–Crippen MR) is 78.3 cm³/mol. The van der Waals surface area contributed by atoms with Gasteiger partial charge in [-0.05, 0) is 20.3 Å². The van der Waals surface area contributed by atoms with Crippen molar-refractivity contribution in [1.82, 2.24) is 15.5 Å². The van der Waals surface area contributed by atoms with Crippen molar-refractivity contribution in [3.8, 4) is 0 Å². The zero-order valence-electron chi connectivity index (χ0n) is 12.8. The van der Waals surface area contributed by atoms with Gasteiger partial charge in [0, 0.05) is 6.04 Å². The van der Waals surface area contributed by atoms with E-state index >= 15 is 0 Å². The summed E-state index contributed by atoms with van der Waals surface area (Å²) in [5.41, 5.74) is 0. The monoisotopic (exact) mass is 317 g/mol. The molecular weight excluding hydrogens is 294 g/mol. The molecule has 7 nitrogen and oxygen atoms in total. The van der Waals surface area contributed by atoms with E-state index in [2.05, 4.69) is 22.4 Å². The first-order valence-electron chi connectivity index (χ1n) is 7.11. The highest BCUT2D eigenvalue weighted by molar-refractivity contribution is 7.91. The van der Waals surface area contributed by atoms with Crippen LogP contribution in [-0.2, 0) is 20.4 Å². The van der Waals surface area contributed by atoms with Gasteiger partial charge < -0.3 is 9.84 Å². The molecule has 0 saturated carbocycles. The van der Waals surface area contributed by atoms with Gasteiger partial charge in [-0.3, -0.25) is 4.79 Å². The topological polar surface area (TPSA) is 102 Å². The largest absolute Gasteiger partial charge is 0.353 e. The molecule has 0 unspecified atom stereocenters. The van der Waals surface area contributed by atoms with Gasteiger partial charge >= 0.3 is 0 Å². The van der Waals surface area contributed by atoms with E-state index in [1.54, 1.807) is 6.92 Å². The molecule has 0 aliphatic rings. The molecule has 21 heavy (non-hydrogen) atoms. The number of carbonyl (C=O) groups excluding carboxylic acids is 1. The van der Waals surface area contributed by atoms with E-state index in [1.165, 1.54) is 0 Å². The molecule has 0 radical (unpaired) electrons. The lowest BCUT2D eigenvalue weighted by atomic mass is 10.1. The standard InChI is InChI=1S/C13H23N3O4S/c1-4-5-6-7-10(2)14-12(17)8-21(18,19)9-13-15-11(3)16-20-13/h10H,4-9H2,1-3H3,(H,14,17)/t10-/m1/s1. The molecule has 0 fully saturated rings. The molecule has 0 aromatic carbocycles. The highest BCUT2D eigenvalue weighted by atomic mass is 32.2. The van der Waals surface area contributed by atoms with Crippen molar-refractivity contribution >= 4 is 15.7 Å². The molecule has 0 aliphatic carbocycles. The lowest BCUT2D eigenvalue weighted by molar-refractivity contribution is -0.119. The number of rotatable bonds is 9. The second kappa shape index (κ2) is 8.11. The maximum atomic E-state index is 11.9. The first-order valence-corrected chi connectivity index (χ1v) is 8.93. The number of hydrogen-bond acceptors (Lipinski definition) is 6. The predicted octanol–water partition coefficient (Wildman–Crippen LogP) is 1.38. The van der Waals surface area contributed by atoms with Crippen LogP contribution in [0.15, 0.2) is 4.52 Å². The number of carbonyl (C=O) groups is 1. The Morgan fingerprint density at radius 3 is 2.67 bits per heavy atom. The Balaban J connectivity index is 2.41. The van der Waals surface area contributed by atoms with E-state index in [0.717, 1.165) is 25.7 Å². The maximum absolute atomic E-state index is 11.9. The van der Waals surface area contributed by atoms with Crippen LogP contribution in [0.2, 0.25) is 0 Å². The molecule has 0 saturated heterocycles. The van der Waals surface area contributed by atoms with Gasteiger partial charge in [-0.2, -0.15) is 4.98 Å². The molecule has 120 valence electrons. The van der Waals surface area contributed by atoms with Gasteiger partial charge in [-0.25, -0.2) is 8.42 Å². The molecular formula is C13H23N3O4S. The lowest BCUT2D eigenvalue weighted by Crippen LogP contribution is -2.37. The van der Waals surface area contributed by atoms with Crippen molar-refractivity contribution in [2.75, 3.05) is 5.75 Å². The van der Waals surface area contributed by atoms with Crippen molar-refractivity contribution in [3.63, 3.8) is 0 Å². The lowest BCUT2D eigenvalue weighted by Gasteiger charge is -2.13. The fourth-order valence-electron chi connectivity index (χ4n) is 1.93. The van der Waals surface area contributed by atoms with Gasteiger partial charge in [0.05, 0.1) is 0 Å². The molecule has 1 aromatic heterocycles. The Hall–Kier alpha value is -1.44. The molecule has 1 rings (SSSR count). The summed E-state index contributed by atoms with van der Waals surface area (Å²) in [4.78, 5) is 15.6. The van der Waals surface area contributed by atoms with Crippen molar-refractivity contribution in [2.45, 2.75) is 58.2 Å². The molecule has 1 aromatic rings. The number of nitrogens with zero attached hydrogens (tertiary/aromatic N) is 2. The van der Waals surface area contributed by atoms with Crippen molar-refractivity contribution in [3.05, 3.63) is 11.7 Å². The smallest absolute Gasteiger partial charge is 0.241 e. The van der Waals surface area contributed by atoms with E-state index in [9.17, 15) is 13.2 Å². The summed E-state index contributed by atoms with van der Waals surface area (Å²) in [6, 6.07) is -0.0232. The third kappa shape index (κ3) is 7.22. The Morgan fingerprint density at radius 2 is 2.10 bits per heavy atom. The number of aromatic nitrogens is 2. The molecule has 1 atom stereocenters. The minimum Gasteiger partial charge on any atom is -0.353 e. The van der Waals surface area contributed by atoms with Crippen LogP contribution in [0.25, 0.3) is 0 Å². The normalized spacial score (nSPS) is 13.1. The second-order valence-electron chi connectivity index (χ2n) is 5.23. The van der Waals surface area contributed by atoms with E-state index in [0.29, 0.717) is 5.82 Å². The van der Waals surface area contributed by atoms with Gasteiger partial charge in [0.1, 0.15) is 11.5 Å². The molecule has 0 aliphatic heterocycles. The third-order valence-electron chi connectivity index (χ3n) is 2.91. The molecule has 1 heterocycles. The zero-order chi connectivity index (χ0) is 15.9. The minimum atomic E-state index is -3.60. The van der Waals surface area contributed by atoms with Crippen LogP contribution >= 0.6 is 0 Å². The van der Waals surface area contributed by atoms with E-state index < -0.39 is 27.3 Å². The van der Waals surface area contributed by atoms with Crippen LogP contribution in [0, 0.1) is 6.92 Å². The van der Waals surface area contributed by atoms with Gasteiger partial charge in [0.25, 0.3) is 0 Å². The van der Waals surface area contributed by atoms with Gasteiger partial charge in [0.15, 0.2) is 15.7 Å². The van der Waals surface area contributed by atoms with Gasteiger partial charge in [-0.15, -0.1) is 0 Å². The number of aryl methyl sites for hydroxylation is 1. The van der Waals surface area contributed by atoms with E-state index in [1.807, 2.05) is 6.92 Å². The second-order valence-corrected chi connectivity index (χ2v) is 7.30. The van der Waals surface area contributed by atoms with Gasteiger partial charge in [0.2, 0.25) is 11.8 Å². The number of nitrogens with one attached hydrogen (secondary N) is 1.